The number of hydrogen-bond acceptors (Lipinski definition) is 3. The van der Waals surface area contributed by atoms with E-state index >= 15 is 0 Å². The van der Waals surface area contributed by atoms with E-state index < -0.39 is 0 Å². The van der Waals surface area contributed by atoms with E-state index in [1.54, 1.807) is 0 Å². The smallest absolute Gasteiger partial charge is 0.164 e. The molecule has 13 aromatic rings. The van der Waals surface area contributed by atoms with Crippen molar-refractivity contribution in [3.63, 3.8) is 0 Å². The molecule has 0 N–H and O–H groups in total. The Balaban J connectivity index is 1.17. The maximum absolute atomic E-state index is 5.45. The first-order valence-corrected chi connectivity index (χ1v) is 22.1. The lowest BCUT2D eigenvalue weighted by Gasteiger charge is -2.21. The SMILES string of the molecule is c1ccc(-c2cc(-c3nc(-c4cccc5ccccc45)nc(-c4cccc5ccccc45)n3)cc(-c3ccc4ccccc4c3)c2-n2c3ccccc3c3cc4ccccc4cc32)cc1. The summed E-state index contributed by atoms with van der Waals surface area (Å²) >= 11 is 0. The number of aromatic nitrogens is 4. The molecule has 65 heavy (non-hydrogen) atoms. The summed E-state index contributed by atoms with van der Waals surface area (Å²) < 4.78 is 2.49. The highest BCUT2D eigenvalue weighted by Crippen LogP contribution is 2.45. The van der Waals surface area contributed by atoms with Gasteiger partial charge in [-0.2, -0.15) is 0 Å². The average Bonchev–Trinajstić information content (AvgIpc) is 3.69. The number of rotatable bonds is 6. The fraction of sp³-hybridized carbons (Fsp3) is 0. The van der Waals surface area contributed by atoms with Gasteiger partial charge in [-0.15, -0.1) is 0 Å². The number of nitrogens with zero attached hydrogens (tertiary/aromatic N) is 4. The van der Waals surface area contributed by atoms with Gasteiger partial charge in [0.15, 0.2) is 17.5 Å². The van der Waals surface area contributed by atoms with Gasteiger partial charge in [0.2, 0.25) is 0 Å². The van der Waals surface area contributed by atoms with Crippen LogP contribution in [0.15, 0.2) is 231 Å². The van der Waals surface area contributed by atoms with Crippen molar-refractivity contribution in [2.45, 2.75) is 0 Å². The van der Waals surface area contributed by atoms with Crippen molar-refractivity contribution in [1.82, 2.24) is 19.5 Å². The van der Waals surface area contributed by atoms with E-state index in [1.165, 1.54) is 32.3 Å². The highest BCUT2D eigenvalue weighted by Gasteiger charge is 2.24. The number of hydrogen-bond donors (Lipinski definition) is 0. The Morgan fingerprint density at radius 2 is 0.738 bits per heavy atom. The molecule has 4 heteroatoms. The predicted molar refractivity (Wildman–Crippen MR) is 271 cm³/mol. The molecule has 0 amide bonds. The molecule has 0 aliphatic rings. The molecule has 0 aliphatic carbocycles. The van der Waals surface area contributed by atoms with Crippen LogP contribution >= 0.6 is 0 Å². The normalized spacial score (nSPS) is 11.7. The third-order valence-corrected chi connectivity index (χ3v) is 13.0. The summed E-state index contributed by atoms with van der Waals surface area (Å²) in [6.07, 6.45) is 0. The van der Waals surface area contributed by atoms with E-state index in [1.807, 2.05) is 0 Å². The number of para-hydroxylation sites is 1. The van der Waals surface area contributed by atoms with Crippen LogP contribution in [0.5, 0.6) is 0 Å². The molecule has 0 saturated carbocycles. The maximum Gasteiger partial charge on any atom is 0.164 e. The van der Waals surface area contributed by atoms with Crippen LogP contribution in [0.1, 0.15) is 0 Å². The van der Waals surface area contributed by atoms with Gasteiger partial charge in [-0.25, -0.2) is 15.0 Å². The van der Waals surface area contributed by atoms with Gasteiger partial charge >= 0.3 is 0 Å². The molecule has 0 atom stereocenters. The minimum atomic E-state index is 0.602. The molecular formula is C61H38N4. The maximum atomic E-state index is 5.45. The summed E-state index contributed by atoms with van der Waals surface area (Å²) in [5.41, 5.74) is 10.5. The second-order valence-electron chi connectivity index (χ2n) is 16.8. The molecule has 0 fully saturated rings. The fourth-order valence-electron chi connectivity index (χ4n) is 9.90. The van der Waals surface area contributed by atoms with Gasteiger partial charge in [0.25, 0.3) is 0 Å². The summed E-state index contributed by atoms with van der Waals surface area (Å²) in [4.78, 5) is 16.2. The molecule has 11 aromatic carbocycles. The van der Waals surface area contributed by atoms with Crippen LogP contribution in [0, 0.1) is 0 Å². The van der Waals surface area contributed by atoms with Crippen molar-refractivity contribution < 1.29 is 0 Å². The Bertz CT molecular complexity index is 3910. The predicted octanol–water partition coefficient (Wildman–Crippen LogP) is 15.9. The van der Waals surface area contributed by atoms with Crippen LogP contribution in [0.4, 0.5) is 0 Å². The van der Waals surface area contributed by atoms with E-state index in [0.717, 1.165) is 77.2 Å². The number of benzene rings is 11. The summed E-state index contributed by atoms with van der Waals surface area (Å²) in [5, 5.41) is 11.6. The quantitative estimate of drug-likeness (QED) is 0.168. The van der Waals surface area contributed by atoms with Gasteiger partial charge in [-0.05, 0) is 90.6 Å². The third kappa shape index (κ3) is 6.18. The Morgan fingerprint density at radius 1 is 0.246 bits per heavy atom. The molecule has 13 rings (SSSR count). The zero-order valence-corrected chi connectivity index (χ0v) is 35.2. The molecule has 0 aliphatic heterocycles. The van der Waals surface area contributed by atoms with Crippen LogP contribution in [0.25, 0.3) is 127 Å². The second-order valence-corrected chi connectivity index (χ2v) is 16.8. The van der Waals surface area contributed by atoms with Gasteiger partial charge in [0.1, 0.15) is 0 Å². The standard InChI is InChI=1S/C61H38N4/c1-2-17-42(18-3-1)53-36-47(59-62-60(51-29-14-24-40-19-8-10-26-48(40)51)64-61(63-59)52-30-15-25-41-20-9-11-27-49(41)52)37-54(46-33-32-39-16-4-5-21-43(39)34-46)58(53)65-56-31-13-12-28-50(56)55-35-44-22-6-7-23-45(44)38-57(55)65/h1-38H. The fourth-order valence-corrected chi connectivity index (χ4v) is 9.90. The molecule has 4 nitrogen and oxygen atoms in total. The van der Waals surface area contributed by atoms with Crippen LogP contribution in [-0.4, -0.2) is 19.5 Å². The monoisotopic (exact) mass is 826 g/mol. The summed E-state index contributed by atoms with van der Waals surface area (Å²) in [7, 11) is 0. The van der Waals surface area contributed by atoms with Crippen molar-refractivity contribution in [3.8, 4) is 62.1 Å². The minimum Gasteiger partial charge on any atom is -0.308 e. The zero-order valence-electron chi connectivity index (χ0n) is 35.2. The lowest BCUT2D eigenvalue weighted by molar-refractivity contribution is 1.08. The molecule has 0 unspecified atom stereocenters. The molecule has 0 saturated heterocycles. The van der Waals surface area contributed by atoms with E-state index in [2.05, 4.69) is 235 Å². The van der Waals surface area contributed by atoms with Crippen LogP contribution < -0.4 is 0 Å². The lowest BCUT2D eigenvalue weighted by Crippen LogP contribution is -2.04. The molecule has 302 valence electrons. The number of fused-ring (bicyclic) bond motifs is 7. The van der Waals surface area contributed by atoms with E-state index in [9.17, 15) is 0 Å². The first-order valence-electron chi connectivity index (χ1n) is 22.1. The van der Waals surface area contributed by atoms with Crippen LogP contribution in [0.2, 0.25) is 0 Å². The van der Waals surface area contributed by atoms with Crippen molar-refractivity contribution >= 4 is 64.9 Å². The molecule has 2 heterocycles. The van der Waals surface area contributed by atoms with E-state index in [-0.39, 0.29) is 0 Å². The third-order valence-electron chi connectivity index (χ3n) is 13.0. The van der Waals surface area contributed by atoms with Crippen LogP contribution in [0.3, 0.4) is 0 Å². The first-order chi connectivity index (χ1) is 32.2. The van der Waals surface area contributed by atoms with Gasteiger partial charge in [-0.1, -0.05) is 194 Å². The second kappa shape index (κ2) is 15.0. The lowest BCUT2D eigenvalue weighted by atomic mass is 9.91. The first kappa shape index (κ1) is 36.9. The average molecular weight is 827 g/mol. The van der Waals surface area contributed by atoms with Crippen molar-refractivity contribution in [2.24, 2.45) is 0 Å². The Hall–Kier alpha value is -8.73. The Morgan fingerprint density at radius 3 is 1.40 bits per heavy atom. The summed E-state index contributed by atoms with van der Waals surface area (Å²) in [6.45, 7) is 0. The van der Waals surface area contributed by atoms with Crippen LogP contribution in [-0.2, 0) is 0 Å². The minimum absolute atomic E-state index is 0.602. The highest BCUT2D eigenvalue weighted by molar-refractivity contribution is 6.15. The largest absolute Gasteiger partial charge is 0.308 e. The molecule has 0 radical (unpaired) electrons. The van der Waals surface area contributed by atoms with Gasteiger partial charge < -0.3 is 4.57 Å². The Labute approximate surface area is 375 Å². The molecule has 0 spiro atoms. The van der Waals surface area contributed by atoms with E-state index in [0.29, 0.717) is 17.5 Å². The van der Waals surface area contributed by atoms with Gasteiger partial charge in [0, 0.05) is 38.6 Å². The van der Waals surface area contributed by atoms with Gasteiger partial charge in [0.05, 0.1) is 16.7 Å². The van der Waals surface area contributed by atoms with E-state index in [4.69, 9.17) is 15.0 Å². The summed E-state index contributed by atoms with van der Waals surface area (Å²) in [5.74, 6) is 1.85. The molecule has 0 bridgehead atoms. The van der Waals surface area contributed by atoms with Crippen molar-refractivity contribution in [2.75, 3.05) is 0 Å². The zero-order chi connectivity index (χ0) is 42.8. The van der Waals surface area contributed by atoms with Crippen molar-refractivity contribution in [1.29, 1.82) is 0 Å². The van der Waals surface area contributed by atoms with Crippen molar-refractivity contribution in [3.05, 3.63) is 231 Å². The molecular weight excluding hydrogens is 789 g/mol. The highest BCUT2D eigenvalue weighted by atomic mass is 15.0. The van der Waals surface area contributed by atoms with Gasteiger partial charge in [-0.3, -0.25) is 0 Å². The summed E-state index contributed by atoms with van der Waals surface area (Å²) in [6, 6.07) is 82.6. The Kier molecular flexibility index (Phi) is 8.50. The molecule has 2 aromatic heterocycles. The topological polar surface area (TPSA) is 43.6 Å².